The fourth-order valence-electron chi connectivity index (χ4n) is 2.68. The van der Waals surface area contributed by atoms with Gasteiger partial charge in [0.25, 0.3) is 0 Å². The fraction of sp³-hybridized carbons (Fsp3) is 0.643. The molecule has 3 nitrogen and oxygen atoms in total. The Bertz CT molecular complexity index is 412. The number of likely N-dealkylation sites (tertiary alicyclic amines) is 1. The molecule has 1 atom stereocenters. The molecule has 0 saturated carbocycles. The highest BCUT2D eigenvalue weighted by atomic mass is 35.5. The van der Waals surface area contributed by atoms with Gasteiger partial charge in [0.2, 0.25) is 0 Å². The molecule has 0 spiro atoms. The molecule has 1 aromatic rings. The van der Waals surface area contributed by atoms with Gasteiger partial charge in [-0.1, -0.05) is 35.7 Å². The van der Waals surface area contributed by atoms with E-state index in [-0.39, 0.29) is 0 Å². The molecular weight excluding hydrogens is 281 g/mol. The summed E-state index contributed by atoms with van der Waals surface area (Å²) in [5.41, 5.74) is 1.07. The zero-order valence-electron chi connectivity index (χ0n) is 11.3. The van der Waals surface area contributed by atoms with E-state index in [4.69, 9.17) is 23.2 Å². The third-order valence-electron chi connectivity index (χ3n) is 3.74. The van der Waals surface area contributed by atoms with Gasteiger partial charge in [0.15, 0.2) is 0 Å². The van der Waals surface area contributed by atoms with Crippen molar-refractivity contribution in [2.75, 3.05) is 20.1 Å². The second kappa shape index (κ2) is 7.44. The fourth-order valence-corrected chi connectivity index (χ4v) is 3.09. The smallest absolute Gasteiger partial charge is 0.135 e. The zero-order valence-corrected chi connectivity index (χ0v) is 12.8. The number of aromatic nitrogens is 1. The van der Waals surface area contributed by atoms with Gasteiger partial charge in [0, 0.05) is 18.2 Å². The number of hydrogen-bond donors (Lipinski definition) is 1. The van der Waals surface area contributed by atoms with Crippen molar-refractivity contribution in [2.45, 2.75) is 38.3 Å². The quantitative estimate of drug-likeness (QED) is 0.845. The minimum atomic E-state index is 0.458. The van der Waals surface area contributed by atoms with E-state index in [0.29, 0.717) is 16.3 Å². The van der Waals surface area contributed by atoms with Crippen LogP contribution in [0.3, 0.4) is 0 Å². The summed E-state index contributed by atoms with van der Waals surface area (Å²) in [7, 11) is 2.01. The molecule has 106 valence electrons. The Hall–Kier alpha value is -0.350. The predicted octanol–water partition coefficient (Wildman–Crippen LogP) is 3.35. The highest BCUT2D eigenvalue weighted by Gasteiger charge is 2.22. The Morgan fingerprint density at radius 3 is 2.95 bits per heavy atom. The predicted molar refractivity (Wildman–Crippen MR) is 80.8 cm³/mol. The number of halogens is 2. The first-order valence-electron chi connectivity index (χ1n) is 6.90. The summed E-state index contributed by atoms with van der Waals surface area (Å²) in [6.07, 6.45) is 5.07. The minimum Gasteiger partial charge on any atom is -0.320 e. The molecule has 0 radical (unpaired) electrons. The first-order valence-corrected chi connectivity index (χ1v) is 7.66. The molecule has 1 aliphatic heterocycles. The molecular formula is C14H21Cl2N3. The average Bonchev–Trinajstić information content (AvgIpc) is 2.41. The van der Waals surface area contributed by atoms with E-state index >= 15 is 0 Å². The van der Waals surface area contributed by atoms with Crippen molar-refractivity contribution in [3.05, 3.63) is 28.0 Å². The lowest BCUT2D eigenvalue weighted by Gasteiger charge is -2.36. The maximum absolute atomic E-state index is 6.17. The van der Waals surface area contributed by atoms with E-state index in [2.05, 4.69) is 15.2 Å². The van der Waals surface area contributed by atoms with E-state index in [0.717, 1.165) is 25.2 Å². The van der Waals surface area contributed by atoms with Crippen molar-refractivity contribution >= 4 is 23.2 Å². The van der Waals surface area contributed by atoms with Crippen molar-refractivity contribution in [1.29, 1.82) is 0 Å². The van der Waals surface area contributed by atoms with Crippen LogP contribution in [0.2, 0.25) is 10.3 Å². The van der Waals surface area contributed by atoms with Gasteiger partial charge in [-0.2, -0.15) is 0 Å². The summed E-state index contributed by atoms with van der Waals surface area (Å²) in [6, 6.07) is 4.45. The van der Waals surface area contributed by atoms with Crippen LogP contribution in [0.4, 0.5) is 0 Å². The molecule has 2 rings (SSSR count). The molecule has 1 fully saturated rings. The number of nitrogens with zero attached hydrogens (tertiary/aromatic N) is 2. The van der Waals surface area contributed by atoms with Gasteiger partial charge in [-0.25, -0.2) is 4.98 Å². The van der Waals surface area contributed by atoms with E-state index in [1.165, 1.54) is 25.7 Å². The topological polar surface area (TPSA) is 28.2 Å². The van der Waals surface area contributed by atoms with Crippen LogP contribution in [0, 0.1) is 0 Å². The normalized spacial score (nSPS) is 20.7. The van der Waals surface area contributed by atoms with Gasteiger partial charge in [-0.3, -0.25) is 4.90 Å². The largest absolute Gasteiger partial charge is 0.320 e. The summed E-state index contributed by atoms with van der Waals surface area (Å²) in [5, 5.41) is 4.23. The lowest BCUT2D eigenvalue weighted by atomic mass is 9.98. The van der Waals surface area contributed by atoms with Crippen LogP contribution in [0.25, 0.3) is 0 Å². The second-order valence-electron chi connectivity index (χ2n) is 5.10. The lowest BCUT2D eigenvalue weighted by molar-refractivity contribution is 0.132. The summed E-state index contributed by atoms with van der Waals surface area (Å²) in [4.78, 5) is 6.64. The van der Waals surface area contributed by atoms with Crippen LogP contribution in [-0.4, -0.2) is 36.1 Å². The Labute approximate surface area is 125 Å². The maximum Gasteiger partial charge on any atom is 0.135 e. The summed E-state index contributed by atoms with van der Waals surface area (Å²) in [6.45, 7) is 3.08. The molecule has 19 heavy (non-hydrogen) atoms. The standard InChI is InChI=1S/C14H21Cl2N3/c1-17-8-7-12-4-2-3-9-19(12)10-11-5-6-13(15)18-14(11)16/h5-6,12,17H,2-4,7-10H2,1H3. The van der Waals surface area contributed by atoms with Crippen LogP contribution in [0.5, 0.6) is 0 Å². The molecule has 0 amide bonds. The zero-order chi connectivity index (χ0) is 13.7. The van der Waals surface area contributed by atoms with Crippen LogP contribution >= 0.6 is 23.2 Å². The Balaban J connectivity index is 2.02. The number of nitrogens with one attached hydrogen (secondary N) is 1. The van der Waals surface area contributed by atoms with Crippen molar-refractivity contribution in [2.24, 2.45) is 0 Å². The first kappa shape index (κ1) is 15.0. The third kappa shape index (κ3) is 4.32. The monoisotopic (exact) mass is 301 g/mol. The second-order valence-corrected chi connectivity index (χ2v) is 5.84. The SMILES string of the molecule is CNCCC1CCCCN1Cc1ccc(Cl)nc1Cl. The van der Waals surface area contributed by atoms with Crippen LogP contribution in [-0.2, 0) is 6.54 Å². The van der Waals surface area contributed by atoms with Crippen molar-refractivity contribution < 1.29 is 0 Å². The number of pyridine rings is 1. The summed E-state index contributed by atoms with van der Waals surface area (Å²) < 4.78 is 0. The van der Waals surface area contributed by atoms with Gasteiger partial charge < -0.3 is 5.32 Å². The van der Waals surface area contributed by atoms with Gasteiger partial charge in [0.05, 0.1) is 0 Å². The molecule has 0 aliphatic carbocycles. The molecule has 2 heterocycles. The van der Waals surface area contributed by atoms with Crippen LogP contribution in [0.1, 0.15) is 31.2 Å². The molecule has 0 bridgehead atoms. The van der Waals surface area contributed by atoms with Crippen LogP contribution < -0.4 is 5.32 Å². The Morgan fingerprint density at radius 2 is 2.21 bits per heavy atom. The molecule has 1 unspecified atom stereocenters. The van der Waals surface area contributed by atoms with Gasteiger partial charge >= 0.3 is 0 Å². The average molecular weight is 302 g/mol. The highest BCUT2D eigenvalue weighted by Crippen LogP contribution is 2.24. The summed E-state index contributed by atoms with van der Waals surface area (Å²) in [5.74, 6) is 0. The highest BCUT2D eigenvalue weighted by molar-refractivity contribution is 6.32. The molecule has 1 aromatic heterocycles. The Morgan fingerprint density at radius 1 is 1.37 bits per heavy atom. The first-order chi connectivity index (χ1) is 9.20. The van der Waals surface area contributed by atoms with E-state index in [1.54, 1.807) is 0 Å². The van der Waals surface area contributed by atoms with Crippen molar-refractivity contribution in [3.8, 4) is 0 Å². The van der Waals surface area contributed by atoms with Crippen molar-refractivity contribution in [1.82, 2.24) is 15.2 Å². The number of rotatable bonds is 5. The van der Waals surface area contributed by atoms with E-state index in [9.17, 15) is 0 Å². The number of hydrogen-bond acceptors (Lipinski definition) is 3. The molecule has 1 saturated heterocycles. The molecule has 1 N–H and O–H groups in total. The third-order valence-corrected chi connectivity index (χ3v) is 4.28. The summed E-state index contributed by atoms with van der Waals surface area (Å²) >= 11 is 12.0. The molecule has 1 aliphatic rings. The molecule has 0 aromatic carbocycles. The Kier molecular flexibility index (Phi) is 5.89. The minimum absolute atomic E-state index is 0.458. The van der Waals surface area contributed by atoms with E-state index in [1.807, 2.05) is 19.2 Å². The number of piperidine rings is 1. The maximum atomic E-state index is 6.17. The van der Waals surface area contributed by atoms with Gasteiger partial charge in [-0.05, 0) is 45.5 Å². The van der Waals surface area contributed by atoms with Gasteiger partial charge in [0.1, 0.15) is 10.3 Å². The van der Waals surface area contributed by atoms with E-state index < -0.39 is 0 Å². The lowest BCUT2D eigenvalue weighted by Crippen LogP contribution is -2.40. The van der Waals surface area contributed by atoms with Crippen LogP contribution in [0.15, 0.2) is 12.1 Å². The molecule has 5 heteroatoms. The van der Waals surface area contributed by atoms with Crippen molar-refractivity contribution in [3.63, 3.8) is 0 Å². The van der Waals surface area contributed by atoms with Gasteiger partial charge in [-0.15, -0.1) is 0 Å².